The second-order valence-electron chi connectivity index (χ2n) is 8.53. The predicted octanol–water partition coefficient (Wildman–Crippen LogP) is 4.32. The zero-order valence-corrected chi connectivity index (χ0v) is 18.7. The Kier molecular flexibility index (Phi) is 6.46. The van der Waals surface area contributed by atoms with Crippen LogP contribution in [-0.4, -0.2) is 27.6 Å². The Balaban J connectivity index is 1.60. The first-order chi connectivity index (χ1) is 14.5. The third kappa shape index (κ3) is 4.56. The van der Waals surface area contributed by atoms with Crippen molar-refractivity contribution in [1.29, 1.82) is 0 Å². The van der Waals surface area contributed by atoms with Gasteiger partial charge >= 0.3 is 0 Å². The number of unbranched alkanes of at least 4 members (excludes halogenated alkanes) is 1. The maximum Gasteiger partial charge on any atom is 0.240 e. The zero-order valence-electron chi connectivity index (χ0n) is 17.9. The van der Waals surface area contributed by atoms with Gasteiger partial charge in [-0.05, 0) is 66.6 Å². The van der Waals surface area contributed by atoms with Crippen LogP contribution in [0.1, 0.15) is 68.2 Å². The van der Waals surface area contributed by atoms with Crippen LogP contribution >= 0.6 is 0 Å². The fourth-order valence-electron chi connectivity index (χ4n) is 4.38. The summed E-state index contributed by atoms with van der Waals surface area (Å²) < 4.78 is 33.5. The molecule has 2 aromatic carbocycles. The summed E-state index contributed by atoms with van der Waals surface area (Å²) in [6.45, 7) is 2.22. The van der Waals surface area contributed by atoms with Gasteiger partial charge in [0.25, 0.3) is 0 Å². The van der Waals surface area contributed by atoms with Crippen molar-refractivity contribution in [2.45, 2.75) is 74.9 Å². The highest BCUT2D eigenvalue weighted by atomic mass is 32.2. The lowest BCUT2D eigenvalue weighted by Crippen LogP contribution is -2.40. The Hall–Kier alpha value is -1.89. The molecule has 0 bridgehead atoms. The van der Waals surface area contributed by atoms with E-state index in [4.69, 9.17) is 4.74 Å². The highest BCUT2D eigenvalue weighted by Gasteiger charge is 2.28. The molecule has 6 heteroatoms. The minimum absolute atomic E-state index is 0.0536. The van der Waals surface area contributed by atoms with E-state index in [1.165, 1.54) is 24.0 Å². The van der Waals surface area contributed by atoms with Crippen LogP contribution in [0.3, 0.4) is 0 Å². The lowest BCUT2D eigenvalue weighted by atomic mass is 9.85. The number of methoxy groups -OCH3 is 1. The van der Waals surface area contributed by atoms with E-state index in [1.54, 1.807) is 19.2 Å². The molecule has 162 valence electrons. The van der Waals surface area contributed by atoms with Crippen LogP contribution in [0.4, 0.5) is 0 Å². The van der Waals surface area contributed by atoms with Crippen LogP contribution in [0, 0.1) is 0 Å². The summed E-state index contributed by atoms with van der Waals surface area (Å²) in [6, 6.07) is 14.2. The molecule has 1 saturated carbocycles. The summed E-state index contributed by atoms with van der Waals surface area (Å²) in [5.74, 6) is 0.882. The largest absolute Gasteiger partial charge is 0.497 e. The lowest BCUT2D eigenvalue weighted by Gasteiger charge is -2.34. The average Bonchev–Trinajstić information content (AvgIpc) is 2.74. The predicted molar refractivity (Wildman–Crippen MR) is 119 cm³/mol. The molecule has 1 fully saturated rings. The number of benzene rings is 2. The number of rotatable bonds is 8. The molecule has 0 amide bonds. The van der Waals surface area contributed by atoms with E-state index >= 15 is 0 Å². The Morgan fingerprint density at radius 1 is 1.13 bits per heavy atom. The molecule has 0 radical (unpaired) electrons. The van der Waals surface area contributed by atoms with Crippen LogP contribution in [0.15, 0.2) is 47.4 Å². The molecular formula is C24H32N2O3S. The Morgan fingerprint density at radius 3 is 2.53 bits per heavy atom. The smallest absolute Gasteiger partial charge is 0.240 e. The first kappa shape index (κ1) is 21.3. The number of nitrogens with one attached hydrogen (secondary N) is 2. The van der Waals surface area contributed by atoms with Gasteiger partial charge in [0, 0.05) is 12.1 Å². The molecule has 30 heavy (non-hydrogen) atoms. The molecule has 0 saturated heterocycles. The van der Waals surface area contributed by atoms with E-state index in [0.717, 1.165) is 43.4 Å². The lowest BCUT2D eigenvalue weighted by molar-refractivity contribution is 0.383. The number of sulfonamides is 1. The van der Waals surface area contributed by atoms with E-state index in [0.29, 0.717) is 10.9 Å². The second-order valence-corrected chi connectivity index (χ2v) is 10.2. The van der Waals surface area contributed by atoms with Gasteiger partial charge in [0.05, 0.1) is 18.0 Å². The van der Waals surface area contributed by atoms with Gasteiger partial charge in [0.2, 0.25) is 10.0 Å². The van der Waals surface area contributed by atoms with Gasteiger partial charge in [-0.3, -0.25) is 0 Å². The number of hydrogen-bond donors (Lipinski definition) is 2. The van der Waals surface area contributed by atoms with E-state index in [1.807, 2.05) is 18.2 Å². The van der Waals surface area contributed by atoms with Gasteiger partial charge < -0.3 is 10.1 Å². The van der Waals surface area contributed by atoms with Gasteiger partial charge in [-0.2, -0.15) is 0 Å². The molecule has 0 aromatic heterocycles. The number of fused-ring (bicyclic) bond motifs is 1. The van der Waals surface area contributed by atoms with E-state index in [9.17, 15) is 8.42 Å². The maximum absolute atomic E-state index is 12.6. The van der Waals surface area contributed by atoms with Gasteiger partial charge in [-0.25, -0.2) is 13.1 Å². The Bertz CT molecular complexity index is 968. The fourth-order valence-corrected chi connectivity index (χ4v) is 5.69. The Labute approximate surface area is 180 Å². The summed E-state index contributed by atoms with van der Waals surface area (Å²) in [7, 11) is -1.75. The minimum atomic E-state index is -3.45. The van der Waals surface area contributed by atoms with Crippen LogP contribution in [-0.2, 0) is 16.4 Å². The molecule has 2 atom stereocenters. The third-order valence-electron chi connectivity index (χ3n) is 6.39. The summed E-state index contributed by atoms with van der Waals surface area (Å²) in [5, 5.41) is 3.80. The van der Waals surface area contributed by atoms with Crippen molar-refractivity contribution in [3.05, 3.63) is 59.2 Å². The third-order valence-corrected chi connectivity index (χ3v) is 7.92. The van der Waals surface area contributed by atoms with Crippen molar-refractivity contribution in [2.24, 2.45) is 0 Å². The summed E-state index contributed by atoms with van der Waals surface area (Å²) in [5.41, 5.74) is 3.64. The highest BCUT2D eigenvalue weighted by Crippen LogP contribution is 2.34. The number of hydrogen-bond acceptors (Lipinski definition) is 4. The average molecular weight is 429 g/mol. The molecule has 2 N–H and O–H groups in total. The molecule has 1 aliphatic carbocycles. The molecule has 0 spiro atoms. The molecule has 2 aliphatic rings. The van der Waals surface area contributed by atoms with Crippen molar-refractivity contribution in [3.8, 4) is 5.75 Å². The van der Waals surface area contributed by atoms with Gasteiger partial charge in [0.1, 0.15) is 5.75 Å². The molecule has 1 aliphatic heterocycles. The van der Waals surface area contributed by atoms with E-state index < -0.39 is 10.0 Å². The summed E-state index contributed by atoms with van der Waals surface area (Å²) in [4.78, 5) is 0.339. The number of ether oxygens (including phenoxy) is 1. The van der Waals surface area contributed by atoms with Crippen molar-refractivity contribution in [1.82, 2.24) is 10.0 Å². The minimum Gasteiger partial charge on any atom is -0.497 e. The SMILES string of the molecule is CCCC[C@H]1Cc2cc(OC)ccc2[C@H](c2ccc(S(=O)(=O)NC3CCC3)cc2)N1. The normalized spacial score (nSPS) is 21.7. The first-order valence-electron chi connectivity index (χ1n) is 11.1. The highest BCUT2D eigenvalue weighted by molar-refractivity contribution is 7.89. The van der Waals surface area contributed by atoms with Gasteiger partial charge in [0.15, 0.2) is 0 Å². The second kappa shape index (κ2) is 9.08. The summed E-state index contributed by atoms with van der Waals surface area (Å²) in [6.07, 6.45) is 7.44. The molecule has 2 aromatic rings. The van der Waals surface area contributed by atoms with Crippen LogP contribution < -0.4 is 14.8 Å². The molecule has 0 unspecified atom stereocenters. The Morgan fingerprint density at radius 2 is 1.90 bits per heavy atom. The van der Waals surface area contributed by atoms with Crippen LogP contribution in [0.25, 0.3) is 0 Å². The van der Waals surface area contributed by atoms with Crippen molar-refractivity contribution >= 4 is 10.0 Å². The summed E-state index contributed by atoms with van der Waals surface area (Å²) >= 11 is 0. The maximum atomic E-state index is 12.6. The van der Waals surface area contributed by atoms with Crippen molar-refractivity contribution < 1.29 is 13.2 Å². The molecule has 4 rings (SSSR count). The van der Waals surface area contributed by atoms with Crippen LogP contribution in [0.2, 0.25) is 0 Å². The molecule has 5 nitrogen and oxygen atoms in total. The van der Waals surface area contributed by atoms with E-state index in [-0.39, 0.29) is 12.1 Å². The van der Waals surface area contributed by atoms with Gasteiger partial charge in [-0.15, -0.1) is 0 Å². The molecular weight excluding hydrogens is 396 g/mol. The van der Waals surface area contributed by atoms with Crippen LogP contribution in [0.5, 0.6) is 5.75 Å². The van der Waals surface area contributed by atoms with E-state index in [2.05, 4.69) is 29.1 Å². The van der Waals surface area contributed by atoms with Crippen molar-refractivity contribution in [3.63, 3.8) is 0 Å². The van der Waals surface area contributed by atoms with Crippen molar-refractivity contribution in [2.75, 3.05) is 7.11 Å². The zero-order chi connectivity index (χ0) is 21.1. The standard InChI is InChI=1S/C24H32N2O3S/c1-3-4-6-20-15-18-16-21(29-2)11-14-23(18)24(25-20)17-9-12-22(13-10-17)30(27,28)26-19-7-5-8-19/h9-14,16,19-20,24-26H,3-8,15H2,1-2H3/t20-,24-/m0/s1. The monoisotopic (exact) mass is 428 g/mol. The quantitative estimate of drug-likeness (QED) is 0.657. The molecule has 1 heterocycles. The fraction of sp³-hybridized carbons (Fsp3) is 0.500. The topological polar surface area (TPSA) is 67.4 Å². The van der Waals surface area contributed by atoms with Gasteiger partial charge in [-0.1, -0.05) is 44.4 Å². The first-order valence-corrected chi connectivity index (χ1v) is 12.5.